The Kier molecular flexibility index (Phi) is 5.99. The van der Waals surface area contributed by atoms with Crippen LogP contribution in [-0.4, -0.2) is 4.40 Å². The van der Waals surface area contributed by atoms with E-state index in [1.807, 2.05) is 0 Å². The summed E-state index contributed by atoms with van der Waals surface area (Å²) in [5.41, 5.74) is 16.1. The van der Waals surface area contributed by atoms with Gasteiger partial charge in [0.25, 0.3) is 0 Å². The van der Waals surface area contributed by atoms with Crippen LogP contribution in [0.1, 0.15) is 76.9 Å². The van der Waals surface area contributed by atoms with Crippen LogP contribution >= 0.6 is 0 Å². The van der Waals surface area contributed by atoms with Crippen molar-refractivity contribution in [3.8, 4) is 11.1 Å². The first-order valence-corrected chi connectivity index (χ1v) is 22.3. The summed E-state index contributed by atoms with van der Waals surface area (Å²) in [7, 11) is 0. The molecule has 6 aromatic carbocycles. The molecule has 0 saturated heterocycles. The predicted octanol–water partition coefficient (Wildman–Crippen LogP) is 12.5. The van der Waals surface area contributed by atoms with Crippen molar-refractivity contribution in [3.63, 3.8) is 0 Å². The Morgan fingerprint density at radius 3 is 1.74 bits per heavy atom. The fourth-order valence-electron chi connectivity index (χ4n) is 14.1. The molecular formula is C58H39NO2. The molecule has 3 heteroatoms. The van der Waals surface area contributed by atoms with Crippen molar-refractivity contribution < 1.29 is 0 Å². The quantitative estimate of drug-likeness (QED) is 0.179. The topological polar surface area (TPSA) is 38.5 Å². The fraction of sp³-hybridized carbons (Fsp3) is 0.172. The zero-order valence-corrected chi connectivity index (χ0v) is 33.6. The molecule has 0 N–H and O–H groups in total. The molecule has 1 saturated carbocycles. The molecule has 0 amide bonds. The van der Waals surface area contributed by atoms with Gasteiger partial charge in [-0.25, -0.2) is 0 Å². The number of aromatic nitrogens is 1. The number of allylic oxidation sites excluding steroid dienone is 7. The summed E-state index contributed by atoms with van der Waals surface area (Å²) in [5.74, 6) is 0.359. The molecule has 4 unspecified atom stereocenters. The zero-order chi connectivity index (χ0) is 39.9. The van der Waals surface area contributed by atoms with Crippen LogP contribution < -0.4 is 10.9 Å². The van der Waals surface area contributed by atoms with Gasteiger partial charge in [-0.2, -0.15) is 0 Å². The summed E-state index contributed by atoms with van der Waals surface area (Å²) >= 11 is 0. The molecule has 4 bridgehead atoms. The first kappa shape index (κ1) is 32.9. The van der Waals surface area contributed by atoms with Gasteiger partial charge in [-0.3, -0.25) is 9.59 Å². The number of hydrogen-bond acceptors (Lipinski definition) is 2. The number of fused-ring (bicyclic) bond motifs is 7. The highest BCUT2D eigenvalue weighted by Gasteiger charge is 2.64. The Morgan fingerprint density at radius 1 is 0.541 bits per heavy atom. The van der Waals surface area contributed by atoms with Crippen LogP contribution in [0.5, 0.6) is 0 Å². The van der Waals surface area contributed by atoms with Gasteiger partial charge in [0.15, 0.2) is 10.9 Å². The highest BCUT2D eigenvalue weighted by Crippen LogP contribution is 2.70. The minimum absolute atomic E-state index is 0.0322. The Hall–Kier alpha value is -6.84. The van der Waals surface area contributed by atoms with Crippen molar-refractivity contribution >= 4 is 67.2 Å². The molecule has 0 radical (unpaired) electrons. The predicted molar refractivity (Wildman–Crippen MR) is 250 cm³/mol. The highest BCUT2D eigenvalue weighted by molar-refractivity contribution is 6.11. The maximum absolute atomic E-state index is 15.9. The lowest BCUT2D eigenvalue weighted by atomic mass is 9.42. The molecule has 2 spiro atoms. The first-order valence-electron chi connectivity index (χ1n) is 22.3. The molecule has 288 valence electrons. The third kappa shape index (κ3) is 3.77. The number of hydrogen-bond donors (Lipinski definition) is 0. The van der Waals surface area contributed by atoms with Crippen molar-refractivity contribution in [2.24, 2.45) is 11.8 Å². The monoisotopic (exact) mass is 781 g/mol. The van der Waals surface area contributed by atoms with E-state index < -0.39 is 10.8 Å². The Bertz CT molecular complexity index is 3710. The van der Waals surface area contributed by atoms with Crippen LogP contribution in [0.25, 0.3) is 78.3 Å². The van der Waals surface area contributed by atoms with Gasteiger partial charge in [-0.05, 0) is 152 Å². The van der Waals surface area contributed by atoms with Crippen LogP contribution in [0.15, 0.2) is 154 Å². The molecular weight excluding hydrogens is 743 g/mol. The van der Waals surface area contributed by atoms with Gasteiger partial charge < -0.3 is 4.40 Å². The van der Waals surface area contributed by atoms with E-state index in [1.165, 1.54) is 55.3 Å². The average Bonchev–Trinajstić information content (AvgIpc) is 3.30. The molecule has 0 aliphatic heterocycles. The van der Waals surface area contributed by atoms with Gasteiger partial charge in [0.2, 0.25) is 0 Å². The second-order valence-corrected chi connectivity index (χ2v) is 18.8. The lowest BCUT2D eigenvalue weighted by Crippen LogP contribution is -2.58. The minimum Gasteiger partial charge on any atom is -0.313 e. The average molecular weight is 782 g/mol. The smallest absolute Gasteiger partial charge is 0.197 e. The molecule has 2 aromatic heterocycles. The van der Waals surface area contributed by atoms with Crippen LogP contribution in [0, 0.1) is 11.8 Å². The maximum atomic E-state index is 15.9. The van der Waals surface area contributed by atoms with E-state index in [0.29, 0.717) is 10.8 Å². The Morgan fingerprint density at radius 2 is 1.08 bits per heavy atom. The van der Waals surface area contributed by atoms with Crippen molar-refractivity contribution in [2.75, 3.05) is 0 Å². The van der Waals surface area contributed by atoms with Crippen LogP contribution in [-0.2, 0) is 17.3 Å². The van der Waals surface area contributed by atoms with Gasteiger partial charge in [0.05, 0.1) is 5.52 Å². The molecule has 8 aromatic rings. The van der Waals surface area contributed by atoms with Gasteiger partial charge in [0.1, 0.15) is 0 Å². The summed E-state index contributed by atoms with van der Waals surface area (Å²) < 4.78 is 2.55. The number of nitrogens with zero attached hydrogens (tertiary/aromatic N) is 1. The third-order valence-corrected chi connectivity index (χ3v) is 16.5. The molecule has 3 nitrogen and oxygen atoms in total. The summed E-state index contributed by atoms with van der Waals surface area (Å²) in [5, 5.41) is 5.95. The van der Waals surface area contributed by atoms with Crippen molar-refractivity contribution in [1.29, 1.82) is 0 Å². The van der Waals surface area contributed by atoms with E-state index in [4.69, 9.17) is 0 Å². The van der Waals surface area contributed by atoms with Crippen LogP contribution in [0.4, 0.5) is 0 Å². The number of pyridine rings is 2. The van der Waals surface area contributed by atoms with Gasteiger partial charge in [-0.1, -0.05) is 127 Å². The van der Waals surface area contributed by atoms with Gasteiger partial charge >= 0.3 is 0 Å². The fourth-order valence-corrected chi connectivity index (χ4v) is 14.1. The van der Waals surface area contributed by atoms with E-state index in [-0.39, 0.29) is 22.7 Å². The Labute approximate surface area is 352 Å². The summed E-state index contributed by atoms with van der Waals surface area (Å²) in [6, 6.07) is 41.2. The lowest BCUT2D eigenvalue weighted by Gasteiger charge is -2.62. The van der Waals surface area contributed by atoms with E-state index in [1.54, 1.807) is 0 Å². The van der Waals surface area contributed by atoms with Crippen LogP contribution in [0.2, 0.25) is 0 Å². The third-order valence-electron chi connectivity index (χ3n) is 16.5. The normalized spacial score (nSPS) is 24.6. The molecule has 4 atom stereocenters. The molecule has 61 heavy (non-hydrogen) atoms. The largest absolute Gasteiger partial charge is 0.313 e. The first-order chi connectivity index (χ1) is 30.0. The highest BCUT2D eigenvalue weighted by atomic mass is 16.1. The SMILES string of the molecule is O=c1c2c3n4c5c(c(=O)c6cc(-c7cccc8ccccc78)cc1c64)C=C(c1cccc4ccccc14)C1=CC4CCC15C1C=C(C(c5cccc6c5C=CCC6)=C2)C34CC1. The second kappa shape index (κ2) is 11.1. The zero-order valence-electron chi connectivity index (χ0n) is 33.6. The standard InChI is InChI=1S/C58H39NO2/c60-53-46-26-35(41-19-7-13-32-10-1-4-16-38(32)41)27-47-52(46)59-55-48(53)30-44(42-20-8-14-33-11-2-5-17-39(33)42)50-28-36-22-24-57(50,55)37-23-25-58(36)51(29-37)45(31-49(54(47)61)56(58)59)43-21-9-15-34-12-3-6-18-40(34)43/h1-2,4-11,13-21,26-31,36-37H,3,12,22-25H2. The van der Waals surface area contributed by atoms with E-state index in [2.05, 4.69) is 156 Å². The lowest BCUT2D eigenvalue weighted by molar-refractivity contribution is 0.151. The Balaban J connectivity index is 1.17. The minimum atomic E-state index is -0.445. The summed E-state index contributed by atoms with van der Waals surface area (Å²) in [6.07, 6.45) is 20.6. The van der Waals surface area contributed by atoms with Crippen LogP contribution in [0.3, 0.4) is 0 Å². The molecule has 1 fully saturated rings. The van der Waals surface area contributed by atoms with E-state index in [9.17, 15) is 0 Å². The van der Waals surface area contributed by atoms with E-state index >= 15 is 9.59 Å². The molecule has 17 rings (SSSR count). The van der Waals surface area contributed by atoms with Gasteiger partial charge in [0, 0.05) is 44.1 Å². The van der Waals surface area contributed by atoms with Crippen molar-refractivity contribution in [1.82, 2.24) is 4.40 Å². The summed E-state index contributed by atoms with van der Waals surface area (Å²) in [4.78, 5) is 31.7. The van der Waals surface area contributed by atoms with E-state index in [0.717, 1.165) is 88.5 Å². The number of rotatable bonds is 3. The van der Waals surface area contributed by atoms with Gasteiger partial charge in [-0.15, -0.1) is 0 Å². The van der Waals surface area contributed by atoms with Crippen molar-refractivity contribution in [2.45, 2.75) is 49.4 Å². The number of aryl methyl sites for hydroxylation is 1. The molecule has 9 aliphatic carbocycles. The second-order valence-electron chi connectivity index (χ2n) is 18.8. The summed E-state index contributed by atoms with van der Waals surface area (Å²) in [6.45, 7) is 0. The maximum Gasteiger partial charge on any atom is 0.197 e. The van der Waals surface area contributed by atoms with Crippen molar-refractivity contribution in [3.05, 3.63) is 210 Å². The molecule has 9 aliphatic rings. The molecule has 2 heterocycles. The number of benzene rings is 6.